The SMILES string of the molecule is CCC(=O)Nc1cccc(C(=O)Nc2cccc(NC(=O)OCC(C)C)c2)c1. The Labute approximate surface area is 164 Å². The van der Waals surface area contributed by atoms with Crippen molar-refractivity contribution < 1.29 is 19.1 Å². The molecule has 2 aromatic rings. The molecule has 2 aromatic carbocycles. The van der Waals surface area contributed by atoms with Crippen LogP contribution in [0.2, 0.25) is 0 Å². The fourth-order valence-corrected chi connectivity index (χ4v) is 2.26. The molecule has 0 radical (unpaired) electrons. The number of carbonyl (C=O) groups excluding carboxylic acids is 3. The first-order valence-electron chi connectivity index (χ1n) is 9.12. The van der Waals surface area contributed by atoms with Gasteiger partial charge in [0.25, 0.3) is 5.91 Å². The summed E-state index contributed by atoms with van der Waals surface area (Å²) in [7, 11) is 0. The van der Waals surface area contributed by atoms with E-state index in [1.807, 2.05) is 13.8 Å². The number of benzene rings is 2. The van der Waals surface area contributed by atoms with Gasteiger partial charge in [-0.25, -0.2) is 4.79 Å². The maximum atomic E-state index is 12.5. The molecular weight excluding hydrogens is 358 g/mol. The zero-order valence-corrected chi connectivity index (χ0v) is 16.2. The third-order valence-corrected chi connectivity index (χ3v) is 3.64. The summed E-state index contributed by atoms with van der Waals surface area (Å²) in [6.45, 7) is 5.98. The molecule has 0 bridgehead atoms. The Morgan fingerprint density at radius 2 is 1.50 bits per heavy atom. The molecule has 148 valence electrons. The Bertz CT molecular complexity index is 849. The van der Waals surface area contributed by atoms with Crippen LogP contribution in [0.15, 0.2) is 48.5 Å². The molecule has 0 fully saturated rings. The quantitative estimate of drug-likeness (QED) is 0.656. The molecule has 0 saturated heterocycles. The highest BCUT2D eigenvalue weighted by Crippen LogP contribution is 2.18. The van der Waals surface area contributed by atoms with Crippen LogP contribution in [0, 0.1) is 5.92 Å². The molecule has 7 heteroatoms. The van der Waals surface area contributed by atoms with Crippen LogP contribution in [0.25, 0.3) is 0 Å². The van der Waals surface area contributed by atoms with Crippen molar-refractivity contribution in [1.82, 2.24) is 0 Å². The van der Waals surface area contributed by atoms with E-state index < -0.39 is 6.09 Å². The van der Waals surface area contributed by atoms with Crippen LogP contribution >= 0.6 is 0 Å². The molecule has 28 heavy (non-hydrogen) atoms. The Hall–Kier alpha value is -3.35. The highest BCUT2D eigenvalue weighted by atomic mass is 16.5. The van der Waals surface area contributed by atoms with Gasteiger partial charge in [0.2, 0.25) is 5.91 Å². The Kier molecular flexibility index (Phi) is 7.56. The average Bonchev–Trinajstić information content (AvgIpc) is 2.66. The summed E-state index contributed by atoms with van der Waals surface area (Å²) in [5, 5.41) is 8.12. The van der Waals surface area contributed by atoms with Gasteiger partial charge < -0.3 is 15.4 Å². The molecule has 0 aliphatic rings. The maximum absolute atomic E-state index is 12.5. The van der Waals surface area contributed by atoms with E-state index in [1.54, 1.807) is 55.5 Å². The minimum absolute atomic E-state index is 0.124. The lowest BCUT2D eigenvalue weighted by atomic mass is 10.1. The number of carbonyl (C=O) groups is 3. The smallest absolute Gasteiger partial charge is 0.411 e. The van der Waals surface area contributed by atoms with Gasteiger partial charge in [-0.1, -0.05) is 32.9 Å². The number of hydrogen-bond donors (Lipinski definition) is 3. The van der Waals surface area contributed by atoms with Gasteiger partial charge in [-0.15, -0.1) is 0 Å². The second kappa shape index (κ2) is 10.1. The van der Waals surface area contributed by atoms with Crippen LogP contribution in [-0.2, 0) is 9.53 Å². The van der Waals surface area contributed by atoms with Crippen molar-refractivity contribution in [3.8, 4) is 0 Å². The molecule has 0 heterocycles. The fraction of sp³-hybridized carbons (Fsp3) is 0.286. The van der Waals surface area contributed by atoms with Gasteiger partial charge in [0, 0.05) is 29.0 Å². The van der Waals surface area contributed by atoms with Crippen molar-refractivity contribution in [3.63, 3.8) is 0 Å². The molecule has 0 aliphatic heterocycles. The van der Waals surface area contributed by atoms with Gasteiger partial charge in [0.1, 0.15) is 0 Å². The second-order valence-corrected chi connectivity index (χ2v) is 6.63. The zero-order chi connectivity index (χ0) is 20.5. The Morgan fingerprint density at radius 1 is 0.893 bits per heavy atom. The summed E-state index contributed by atoms with van der Waals surface area (Å²) in [5.41, 5.74) is 2.00. The van der Waals surface area contributed by atoms with Crippen molar-refractivity contribution in [1.29, 1.82) is 0 Å². The average molecular weight is 383 g/mol. The first-order chi connectivity index (χ1) is 13.4. The van der Waals surface area contributed by atoms with Crippen molar-refractivity contribution in [2.75, 3.05) is 22.6 Å². The maximum Gasteiger partial charge on any atom is 0.411 e. The molecule has 0 atom stereocenters. The third kappa shape index (κ3) is 6.75. The van der Waals surface area contributed by atoms with E-state index in [0.717, 1.165) is 0 Å². The normalized spacial score (nSPS) is 10.3. The minimum atomic E-state index is -0.545. The van der Waals surface area contributed by atoms with E-state index in [0.29, 0.717) is 35.7 Å². The predicted octanol–water partition coefficient (Wildman–Crippen LogP) is 4.49. The highest BCUT2D eigenvalue weighted by molar-refractivity contribution is 6.05. The molecule has 0 saturated carbocycles. The molecular formula is C21H25N3O4. The van der Waals surface area contributed by atoms with E-state index in [2.05, 4.69) is 16.0 Å². The summed E-state index contributed by atoms with van der Waals surface area (Å²) >= 11 is 0. The number of nitrogens with one attached hydrogen (secondary N) is 3. The molecule has 7 nitrogen and oxygen atoms in total. The van der Waals surface area contributed by atoms with Gasteiger partial charge in [0.05, 0.1) is 6.61 Å². The van der Waals surface area contributed by atoms with E-state index in [9.17, 15) is 14.4 Å². The summed E-state index contributed by atoms with van der Waals surface area (Å²) < 4.78 is 5.08. The van der Waals surface area contributed by atoms with Crippen molar-refractivity contribution in [3.05, 3.63) is 54.1 Å². The van der Waals surface area contributed by atoms with Crippen LogP contribution in [0.4, 0.5) is 21.9 Å². The van der Waals surface area contributed by atoms with Crippen molar-refractivity contribution >= 4 is 35.0 Å². The summed E-state index contributed by atoms with van der Waals surface area (Å²) in [4.78, 5) is 35.8. The molecule has 0 aromatic heterocycles. The van der Waals surface area contributed by atoms with Gasteiger partial charge in [-0.05, 0) is 42.3 Å². The summed E-state index contributed by atoms with van der Waals surface area (Å²) in [6, 6.07) is 13.4. The number of rotatable bonds is 7. The van der Waals surface area contributed by atoms with Gasteiger partial charge in [0.15, 0.2) is 0 Å². The molecule has 0 spiro atoms. The lowest BCUT2D eigenvalue weighted by Gasteiger charge is -2.11. The molecule has 3 N–H and O–H groups in total. The van der Waals surface area contributed by atoms with Crippen molar-refractivity contribution in [2.45, 2.75) is 27.2 Å². The number of amides is 3. The predicted molar refractivity (Wildman–Crippen MR) is 110 cm³/mol. The molecule has 3 amide bonds. The van der Waals surface area contributed by atoms with Crippen LogP contribution in [0.1, 0.15) is 37.6 Å². The highest BCUT2D eigenvalue weighted by Gasteiger charge is 2.10. The standard InChI is InChI=1S/C21H25N3O4/c1-4-19(25)22-16-8-5-7-15(11-16)20(26)23-17-9-6-10-18(12-17)24-21(27)28-13-14(2)3/h5-12,14H,4,13H2,1-3H3,(H,22,25)(H,23,26)(H,24,27). The Morgan fingerprint density at radius 3 is 2.14 bits per heavy atom. The number of hydrogen-bond acceptors (Lipinski definition) is 4. The lowest BCUT2D eigenvalue weighted by molar-refractivity contribution is -0.115. The van der Waals surface area contributed by atoms with E-state index in [1.165, 1.54) is 0 Å². The van der Waals surface area contributed by atoms with Crippen LogP contribution < -0.4 is 16.0 Å². The Balaban J connectivity index is 2.01. The van der Waals surface area contributed by atoms with Gasteiger partial charge >= 0.3 is 6.09 Å². The fourth-order valence-electron chi connectivity index (χ4n) is 2.26. The monoisotopic (exact) mass is 383 g/mol. The second-order valence-electron chi connectivity index (χ2n) is 6.63. The number of ether oxygens (including phenoxy) is 1. The number of anilines is 3. The van der Waals surface area contributed by atoms with Crippen LogP contribution in [0.5, 0.6) is 0 Å². The largest absolute Gasteiger partial charge is 0.449 e. The van der Waals surface area contributed by atoms with Gasteiger partial charge in [-0.2, -0.15) is 0 Å². The lowest BCUT2D eigenvalue weighted by Crippen LogP contribution is -2.17. The van der Waals surface area contributed by atoms with Gasteiger partial charge in [-0.3, -0.25) is 14.9 Å². The molecule has 0 unspecified atom stereocenters. The minimum Gasteiger partial charge on any atom is -0.449 e. The van der Waals surface area contributed by atoms with Crippen molar-refractivity contribution in [2.24, 2.45) is 5.92 Å². The summed E-state index contributed by atoms with van der Waals surface area (Å²) in [5.74, 6) is -0.206. The van der Waals surface area contributed by atoms with E-state index >= 15 is 0 Å². The zero-order valence-electron chi connectivity index (χ0n) is 16.2. The van der Waals surface area contributed by atoms with E-state index in [4.69, 9.17) is 4.74 Å². The third-order valence-electron chi connectivity index (χ3n) is 3.64. The topological polar surface area (TPSA) is 96.5 Å². The first kappa shape index (κ1) is 21.0. The molecule has 2 rings (SSSR count). The first-order valence-corrected chi connectivity index (χ1v) is 9.12. The summed E-state index contributed by atoms with van der Waals surface area (Å²) in [6.07, 6.45) is -0.188. The van der Waals surface area contributed by atoms with E-state index in [-0.39, 0.29) is 17.7 Å². The van der Waals surface area contributed by atoms with Crippen LogP contribution in [0.3, 0.4) is 0 Å². The molecule has 0 aliphatic carbocycles. The van der Waals surface area contributed by atoms with Crippen LogP contribution in [-0.4, -0.2) is 24.5 Å².